The van der Waals surface area contributed by atoms with E-state index in [1.165, 1.54) is 10.8 Å². The van der Waals surface area contributed by atoms with Gasteiger partial charge in [-0.3, -0.25) is 0 Å². The summed E-state index contributed by atoms with van der Waals surface area (Å²) in [7, 11) is 0. The van der Waals surface area contributed by atoms with Crippen LogP contribution >= 0.6 is 0 Å². The predicted molar refractivity (Wildman–Crippen MR) is 206 cm³/mol. The number of anilines is 6. The zero-order valence-corrected chi connectivity index (χ0v) is 26.8. The molecule has 3 nitrogen and oxygen atoms in total. The van der Waals surface area contributed by atoms with Gasteiger partial charge < -0.3 is 14.2 Å². The van der Waals surface area contributed by atoms with Crippen LogP contribution in [0.2, 0.25) is 0 Å². The van der Waals surface area contributed by atoms with Crippen LogP contribution in [0, 0.1) is 0 Å². The number of hydrogen-bond donors (Lipinski definition) is 0. The number of furan rings is 1. The fourth-order valence-electron chi connectivity index (χ4n) is 6.93. The molecule has 0 unspecified atom stereocenters. The minimum atomic E-state index is 0.876. The van der Waals surface area contributed by atoms with E-state index in [1.54, 1.807) is 0 Å². The molecule has 0 aliphatic rings. The van der Waals surface area contributed by atoms with Gasteiger partial charge in [0.2, 0.25) is 0 Å². The molecule has 0 aliphatic carbocycles. The molecule has 0 spiro atoms. The number of rotatable bonds is 7. The maximum atomic E-state index is 6.47. The third kappa shape index (κ3) is 5.18. The first kappa shape index (κ1) is 28.6. The fourth-order valence-corrected chi connectivity index (χ4v) is 6.93. The molecule has 49 heavy (non-hydrogen) atoms. The second-order valence-electron chi connectivity index (χ2n) is 12.2. The molecule has 0 radical (unpaired) electrons. The van der Waals surface area contributed by atoms with Crippen molar-refractivity contribution in [1.29, 1.82) is 0 Å². The van der Waals surface area contributed by atoms with Gasteiger partial charge in [0.05, 0.1) is 11.4 Å². The minimum absolute atomic E-state index is 0.876. The Kier molecular flexibility index (Phi) is 7.14. The van der Waals surface area contributed by atoms with Gasteiger partial charge in [-0.1, -0.05) is 127 Å². The molecule has 9 rings (SSSR count). The predicted octanol–water partition coefficient (Wildman–Crippen LogP) is 13.3. The van der Waals surface area contributed by atoms with Crippen molar-refractivity contribution < 1.29 is 4.42 Å². The zero-order chi connectivity index (χ0) is 32.6. The molecule has 0 N–H and O–H groups in total. The van der Waals surface area contributed by atoms with Gasteiger partial charge in [0.25, 0.3) is 0 Å². The summed E-state index contributed by atoms with van der Waals surface area (Å²) >= 11 is 0. The van der Waals surface area contributed by atoms with E-state index in [1.807, 2.05) is 12.1 Å². The molecule has 0 saturated heterocycles. The first-order chi connectivity index (χ1) is 24.3. The lowest BCUT2D eigenvalue weighted by Gasteiger charge is -2.27. The highest BCUT2D eigenvalue weighted by atomic mass is 16.3. The summed E-state index contributed by atoms with van der Waals surface area (Å²) in [6.07, 6.45) is 0. The quantitative estimate of drug-likeness (QED) is 0.175. The topological polar surface area (TPSA) is 19.6 Å². The maximum absolute atomic E-state index is 6.47. The molecule has 8 aromatic carbocycles. The van der Waals surface area contributed by atoms with E-state index in [0.29, 0.717) is 0 Å². The van der Waals surface area contributed by atoms with Crippen LogP contribution in [0.25, 0.3) is 43.8 Å². The maximum Gasteiger partial charge on any atom is 0.159 e. The molecule has 9 aromatic rings. The second-order valence-corrected chi connectivity index (χ2v) is 12.2. The van der Waals surface area contributed by atoms with Gasteiger partial charge in [-0.05, 0) is 83.2 Å². The first-order valence-corrected chi connectivity index (χ1v) is 16.6. The Bertz CT molecular complexity index is 2530. The molecule has 0 bridgehead atoms. The molecule has 232 valence electrons. The second kappa shape index (κ2) is 12.2. The van der Waals surface area contributed by atoms with Crippen molar-refractivity contribution in [1.82, 2.24) is 0 Å². The Balaban J connectivity index is 1.09. The highest BCUT2D eigenvalue weighted by Gasteiger charge is 2.19. The number of hydrogen-bond acceptors (Lipinski definition) is 3. The molecule has 1 heterocycles. The number of fused-ring (bicyclic) bond motifs is 4. The number of para-hydroxylation sites is 4. The van der Waals surface area contributed by atoms with Crippen molar-refractivity contribution in [2.75, 3.05) is 9.80 Å². The van der Waals surface area contributed by atoms with Crippen molar-refractivity contribution in [3.05, 3.63) is 194 Å². The number of nitrogens with zero attached hydrogens (tertiary/aromatic N) is 2. The number of benzene rings is 8. The van der Waals surface area contributed by atoms with Crippen molar-refractivity contribution in [2.24, 2.45) is 0 Å². The average molecular weight is 629 g/mol. The molecule has 0 atom stereocenters. The molecular formula is C46H32N2O. The van der Waals surface area contributed by atoms with Crippen LogP contribution in [-0.2, 0) is 0 Å². The molecular weight excluding hydrogens is 597 g/mol. The summed E-state index contributed by atoms with van der Waals surface area (Å²) in [6.45, 7) is 0. The Hall–Kier alpha value is -6.58. The fraction of sp³-hybridized carbons (Fsp3) is 0. The van der Waals surface area contributed by atoms with E-state index < -0.39 is 0 Å². The Morgan fingerprint density at radius 2 is 0.755 bits per heavy atom. The first-order valence-electron chi connectivity index (χ1n) is 16.6. The van der Waals surface area contributed by atoms with E-state index in [0.717, 1.165) is 67.2 Å². The highest BCUT2D eigenvalue weighted by molar-refractivity contribution is 6.10. The molecule has 1 aromatic heterocycles. The summed E-state index contributed by atoms with van der Waals surface area (Å²) in [5.41, 5.74) is 10.6. The minimum Gasteiger partial charge on any atom is -0.454 e. The normalized spacial score (nSPS) is 11.3. The largest absolute Gasteiger partial charge is 0.454 e. The van der Waals surface area contributed by atoms with E-state index in [-0.39, 0.29) is 0 Å². The lowest BCUT2D eigenvalue weighted by Crippen LogP contribution is -2.10. The summed E-state index contributed by atoms with van der Waals surface area (Å²) in [4.78, 5) is 4.62. The Morgan fingerprint density at radius 3 is 1.41 bits per heavy atom. The van der Waals surface area contributed by atoms with Gasteiger partial charge in [-0.25, -0.2) is 0 Å². The smallest absolute Gasteiger partial charge is 0.159 e. The molecule has 0 amide bonds. The highest BCUT2D eigenvalue weighted by Crippen LogP contribution is 2.43. The van der Waals surface area contributed by atoms with Crippen LogP contribution in [0.3, 0.4) is 0 Å². The van der Waals surface area contributed by atoms with Crippen LogP contribution in [0.1, 0.15) is 0 Å². The monoisotopic (exact) mass is 628 g/mol. The third-order valence-corrected chi connectivity index (χ3v) is 9.25. The molecule has 3 heteroatoms. The summed E-state index contributed by atoms with van der Waals surface area (Å²) < 4.78 is 6.47. The van der Waals surface area contributed by atoms with E-state index >= 15 is 0 Å². The van der Waals surface area contributed by atoms with Gasteiger partial charge in [-0.2, -0.15) is 0 Å². The Labute approximate surface area is 285 Å². The zero-order valence-electron chi connectivity index (χ0n) is 26.8. The third-order valence-electron chi connectivity index (χ3n) is 9.25. The van der Waals surface area contributed by atoms with E-state index in [4.69, 9.17) is 4.42 Å². The van der Waals surface area contributed by atoms with Crippen molar-refractivity contribution in [2.45, 2.75) is 0 Å². The molecule has 0 aliphatic heterocycles. The summed E-state index contributed by atoms with van der Waals surface area (Å²) in [5, 5.41) is 4.67. The molecule has 0 fully saturated rings. The van der Waals surface area contributed by atoms with Crippen LogP contribution in [-0.4, -0.2) is 0 Å². The van der Waals surface area contributed by atoms with Crippen LogP contribution in [0.5, 0.6) is 0 Å². The van der Waals surface area contributed by atoms with Crippen LogP contribution < -0.4 is 9.80 Å². The lowest BCUT2D eigenvalue weighted by atomic mass is 10.0. The summed E-state index contributed by atoms with van der Waals surface area (Å²) in [6, 6.07) is 68.5. The standard InChI is InChI=1S/C46H32N2O/c1-3-15-36(16-4-1)47(43-22-11-14-35-13-7-8-19-40(35)43)38-29-25-33(26-30-38)34-27-31-39(32-28-34)48(37-17-5-2-6-18-37)44-23-12-21-42-41-20-9-10-24-45(41)49-46(42)44/h1-32H. The van der Waals surface area contributed by atoms with Gasteiger partial charge in [0, 0.05) is 38.9 Å². The van der Waals surface area contributed by atoms with Crippen molar-refractivity contribution in [3.8, 4) is 11.1 Å². The van der Waals surface area contributed by atoms with Crippen molar-refractivity contribution >= 4 is 66.8 Å². The van der Waals surface area contributed by atoms with Gasteiger partial charge >= 0.3 is 0 Å². The van der Waals surface area contributed by atoms with Gasteiger partial charge in [-0.15, -0.1) is 0 Å². The average Bonchev–Trinajstić information content (AvgIpc) is 3.56. The Morgan fingerprint density at radius 1 is 0.306 bits per heavy atom. The van der Waals surface area contributed by atoms with Crippen LogP contribution in [0.15, 0.2) is 199 Å². The SMILES string of the molecule is c1ccc(N(c2ccc(-c3ccc(N(c4ccccc4)c4cccc5c4oc4ccccc45)cc3)cc2)c2cccc3ccccc23)cc1. The van der Waals surface area contributed by atoms with Gasteiger partial charge in [0.15, 0.2) is 5.58 Å². The molecule has 0 saturated carbocycles. The van der Waals surface area contributed by atoms with Crippen LogP contribution in [0.4, 0.5) is 34.1 Å². The lowest BCUT2D eigenvalue weighted by molar-refractivity contribution is 0.669. The van der Waals surface area contributed by atoms with Crippen molar-refractivity contribution in [3.63, 3.8) is 0 Å². The van der Waals surface area contributed by atoms with E-state index in [2.05, 4.69) is 192 Å². The van der Waals surface area contributed by atoms with Gasteiger partial charge in [0.1, 0.15) is 5.58 Å². The summed E-state index contributed by atoms with van der Waals surface area (Å²) in [5.74, 6) is 0. The van der Waals surface area contributed by atoms with E-state index in [9.17, 15) is 0 Å².